The Bertz CT molecular complexity index is 358. The molecule has 0 fully saturated rings. The van der Waals surface area contributed by atoms with Gasteiger partial charge in [-0.3, -0.25) is 0 Å². The Kier molecular flexibility index (Phi) is 7.32. The molecule has 0 aliphatic carbocycles. The summed E-state index contributed by atoms with van der Waals surface area (Å²) in [7, 11) is 1.71. The van der Waals surface area contributed by atoms with Gasteiger partial charge < -0.3 is 14.8 Å². The number of rotatable bonds is 8. The summed E-state index contributed by atoms with van der Waals surface area (Å²) in [6, 6.07) is 6.13. The van der Waals surface area contributed by atoms with E-state index in [-0.39, 0.29) is 6.10 Å². The molecule has 0 saturated carbocycles. The Labute approximate surface area is 118 Å². The number of para-hydroxylation sites is 1. The average molecular weight is 316 g/mol. The van der Waals surface area contributed by atoms with Gasteiger partial charge in [0.1, 0.15) is 5.75 Å². The first-order chi connectivity index (χ1) is 8.69. The van der Waals surface area contributed by atoms with Crippen molar-refractivity contribution < 1.29 is 9.47 Å². The first-order valence-corrected chi connectivity index (χ1v) is 7.12. The van der Waals surface area contributed by atoms with Crippen molar-refractivity contribution in [2.45, 2.75) is 32.9 Å². The van der Waals surface area contributed by atoms with Gasteiger partial charge in [-0.15, -0.1) is 0 Å². The van der Waals surface area contributed by atoms with Crippen LogP contribution in [-0.4, -0.2) is 26.4 Å². The molecule has 0 aromatic heterocycles. The van der Waals surface area contributed by atoms with Crippen molar-refractivity contribution in [2.75, 3.05) is 20.3 Å². The molecule has 0 heterocycles. The SMILES string of the molecule is CCNCc1cccc(Br)c1OC(C)CCOC. The predicted octanol–water partition coefficient (Wildman–Crippen LogP) is 3.36. The van der Waals surface area contributed by atoms with E-state index in [1.165, 1.54) is 5.56 Å². The van der Waals surface area contributed by atoms with E-state index in [0.29, 0.717) is 6.61 Å². The fraction of sp³-hybridized carbons (Fsp3) is 0.571. The zero-order valence-corrected chi connectivity index (χ0v) is 12.9. The van der Waals surface area contributed by atoms with Gasteiger partial charge in [-0.05, 0) is 35.5 Å². The third-order valence-corrected chi connectivity index (χ3v) is 3.29. The largest absolute Gasteiger partial charge is 0.489 e. The summed E-state index contributed by atoms with van der Waals surface area (Å²) >= 11 is 3.55. The van der Waals surface area contributed by atoms with Crippen LogP contribution in [0.1, 0.15) is 25.8 Å². The molecule has 0 aliphatic rings. The predicted molar refractivity (Wildman–Crippen MR) is 78.1 cm³/mol. The summed E-state index contributed by atoms with van der Waals surface area (Å²) in [6.07, 6.45) is 1.03. The molecule has 0 radical (unpaired) electrons. The molecule has 0 bridgehead atoms. The van der Waals surface area contributed by atoms with Crippen LogP contribution in [0.4, 0.5) is 0 Å². The van der Waals surface area contributed by atoms with Crippen molar-refractivity contribution in [3.05, 3.63) is 28.2 Å². The molecule has 102 valence electrons. The Hall–Kier alpha value is -0.580. The van der Waals surface area contributed by atoms with Crippen LogP contribution in [0.3, 0.4) is 0 Å². The van der Waals surface area contributed by atoms with Crippen LogP contribution in [0.25, 0.3) is 0 Å². The minimum Gasteiger partial charge on any atom is -0.489 e. The zero-order valence-electron chi connectivity index (χ0n) is 11.3. The van der Waals surface area contributed by atoms with Crippen molar-refractivity contribution in [2.24, 2.45) is 0 Å². The fourth-order valence-corrected chi connectivity index (χ4v) is 2.13. The van der Waals surface area contributed by atoms with E-state index < -0.39 is 0 Å². The molecule has 0 aliphatic heterocycles. The molecule has 0 saturated heterocycles. The quantitative estimate of drug-likeness (QED) is 0.798. The summed E-state index contributed by atoms with van der Waals surface area (Å²) < 4.78 is 12.1. The molecule has 1 N–H and O–H groups in total. The Morgan fingerprint density at radius 1 is 1.39 bits per heavy atom. The molecule has 3 nitrogen and oxygen atoms in total. The van der Waals surface area contributed by atoms with Gasteiger partial charge in [0.2, 0.25) is 0 Å². The lowest BCUT2D eigenvalue weighted by molar-refractivity contribution is 0.134. The van der Waals surface area contributed by atoms with Gasteiger partial charge >= 0.3 is 0 Å². The van der Waals surface area contributed by atoms with E-state index in [4.69, 9.17) is 9.47 Å². The van der Waals surface area contributed by atoms with Crippen molar-refractivity contribution >= 4 is 15.9 Å². The fourth-order valence-electron chi connectivity index (χ4n) is 1.63. The summed E-state index contributed by atoms with van der Waals surface area (Å²) in [4.78, 5) is 0. The number of hydrogen-bond acceptors (Lipinski definition) is 3. The third kappa shape index (κ3) is 4.96. The van der Waals surface area contributed by atoms with Crippen molar-refractivity contribution in [3.63, 3.8) is 0 Å². The average Bonchev–Trinajstić information content (AvgIpc) is 2.37. The summed E-state index contributed by atoms with van der Waals surface area (Å²) in [6.45, 7) is 6.65. The Morgan fingerprint density at radius 2 is 2.17 bits per heavy atom. The lowest BCUT2D eigenvalue weighted by Gasteiger charge is -2.18. The van der Waals surface area contributed by atoms with Gasteiger partial charge in [0, 0.05) is 32.2 Å². The molecule has 1 atom stereocenters. The standard InChI is InChI=1S/C14H22BrNO2/c1-4-16-10-12-6-5-7-13(15)14(12)18-11(2)8-9-17-3/h5-7,11,16H,4,8-10H2,1-3H3. The van der Waals surface area contributed by atoms with Crippen LogP contribution in [-0.2, 0) is 11.3 Å². The molecule has 1 aromatic rings. The minimum absolute atomic E-state index is 0.143. The highest BCUT2D eigenvalue weighted by Gasteiger charge is 2.11. The third-order valence-electron chi connectivity index (χ3n) is 2.66. The van der Waals surface area contributed by atoms with Crippen LogP contribution in [0, 0.1) is 0 Å². The number of benzene rings is 1. The van der Waals surface area contributed by atoms with Crippen molar-refractivity contribution in [1.29, 1.82) is 0 Å². The maximum atomic E-state index is 6.01. The van der Waals surface area contributed by atoms with E-state index >= 15 is 0 Å². The number of halogens is 1. The minimum atomic E-state index is 0.143. The van der Waals surface area contributed by atoms with Gasteiger partial charge in [-0.25, -0.2) is 0 Å². The summed E-state index contributed by atoms with van der Waals surface area (Å²) in [5, 5.41) is 3.32. The second kappa shape index (κ2) is 8.51. The van der Waals surface area contributed by atoms with Crippen molar-refractivity contribution in [1.82, 2.24) is 5.32 Å². The van der Waals surface area contributed by atoms with E-state index in [0.717, 1.165) is 29.7 Å². The summed E-state index contributed by atoms with van der Waals surface area (Å²) in [5.74, 6) is 0.932. The van der Waals surface area contributed by atoms with Gasteiger partial charge in [-0.2, -0.15) is 0 Å². The van der Waals surface area contributed by atoms with E-state index in [1.54, 1.807) is 7.11 Å². The van der Waals surface area contributed by atoms with Crippen LogP contribution < -0.4 is 10.1 Å². The normalized spacial score (nSPS) is 12.4. The number of hydrogen-bond donors (Lipinski definition) is 1. The van der Waals surface area contributed by atoms with Gasteiger partial charge in [0.15, 0.2) is 0 Å². The smallest absolute Gasteiger partial charge is 0.138 e. The zero-order chi connectivity index (χ0) is 13.4. The number of methoxy groups -OCH3 is 1. The molecule has 1 rings (SSSR count). The molecule has 0 spiro atoms. The lowest BCUT2D eigenvalue weighted by atomic mass is 10.2. The molecule has 1 aromatic carbocycles. The van der Waals surface area contributed by atoms with E-state index in [1.807, 2.05) is 12.1 Å². The monoisotopic (exact) mass is 315 g/mol. The second-order valence-corrected chi connectivity index (χ2v) is 5.07. The topological polar surface area (TPSA) is 30.5 Å². The van der Waals surface area contributed by atoms with Gasteiger partial charge in [-0.1, -0.05) is 19.1 Å². The number of nitrogens with one attached hydrogen (secondary N) is 1. The molecule has 0 amide bonds. The van der Waals surface area contributed by atoms with E-state index in [9.17, 15) is 0 Å². The number of ether oxygens (including phenoxy) is 2. The summed E-state index contributed by atoms with van der Waals surface area (Å²) in [5.41, 5.74) is 1.18. The highest BCUT2D eigenvalue weighted by atomic mass is 79.9. The molecular weight excluding hydrogens is 294 g/mol. The molecule has 18 heavy (non-hydrogen) atoms. The van der Waals surface area contributed by atoms with Crippen molar-refractivity contribution in [3.8, 4) is 5.75 Å². The highest BCUT2D eigenvalue weighted by Crippen LogP contribution is 2.30. The van der Waals surface area contributed by atoms with Crippen LogP contribution in [0.15, 0.2) is 22.7 Å². The van der Waals surface area contributed by atoms with Gasteiger partial charge in [0.05, 0.1) is 10.6 Å². The molecular formula is C14H22BrNO2. The molecule has 4 heteroatoms. The first kappa shape index (κ1) is 15.5. The van der Waals surface area contributed by atoms with E-state index in [2.05, 4.69) is 41.2 Å². The first-order valence-electron chi connectivity index (χ1n) is 6.32. The Balaban J connectivity index is 2.72. The van der Waals surface area contributed by atoms with Crippen LogP contribution in [0.2, 0.25) is 0 Å². The van der Waals surface area contributed by atoms with Crippen LogP contribution in [0.5, 0.6) is 5.75 Å². The Morgan fingerprint density at radius 3 is 2.83 bits per heavy atom. The molecule has 1 unspecified atom stereocenters. The maximum absolute atomic E-state index is 6.01. The second-order valence-electron chi connectivity index (χ2n) is 4.22. The maximum Gasteiger partial charge on any atom is 0.138 e. The lowest BCUT2D eigenvalue weighted by Crippen LogP contribution is -2.18. The highest BCUT2D eigenvalue weighted by molar-refractivity contribution is 9.10. The van der Waals surface area contributed by atoms with Crippen LogP contribution >= 0.6 is 15.9 Å². The van der Waals surface area contributed by atoms with Gasteiger partial charge in [0.25, 0.3) is 0 Å².